The van der Waals surface area contributed by atoms with Crippen LogP contribution >= 0.6 is 11.6 Å². The van der Waals surface area contributed by atoms with E-state index < -0.39 is 5.82 Å². The highest BCUT2D eigenvalue weighted by Gasteiger charge is 2.06. The standard InChI is InChI=1S/C9H8ClFN4O/c1-5-2-6(15-16-5)3-12-8-7(11)4-13-9(10)14-8/h2,4H,3H2,1H3,(H,12,13,14). The predicted octanol–water partition coefficient (Wildman–Crippen LogP) is 2.18. The van der Waals surface area contributed by atoms with E-state index in [1.54, 1.807) is 13.0 Å². The van der Waals surface area contributed by atoms with Gasteiger partial charge < -0.3 is 9.84 Å². The topological polar surface area (TPSA) is 63.8 Å². The third-order valence-electron chi connectivity index (χ3n) is 1.83. The summed E-state index contributed by atoms with van der Waals surface area (Å²) in [5.74, 6) is 0.170. The van der Waals surface area contributed by atoms with Gasteiger partial charge >= 0.3 is 0 Å². The zero-order chi connectivity index (χ0) is 11.5. The highest BCUT2D eigenvalue weighted by Crippen LogP contribution is 2.13. The maximum Gasteiger partial charge on any atom is 0.224 e. The minimum absolute atomic E-state index is 0.0137. The molecule has 2 rings (SSSR count). The maximum atomic E-state index is 13.2. The normalized spacial score (nSPS) is 10.4. The molecule has 0 unspecified atom stereocenters. The molecule has 0 aromatic carbocycles. The van der Waals surface area contributed by atoms with Gasteiger partial charge in [-0.25, -0.2) is 9.37 Å². The number of rotatable bonds is 3. The first kappa shape index (κ1) is 10.8. The van der Waals surface area contributed by atoms with E-state index in [-0.39, 0.29) is 11.1 Å². The van der Waals surface area contributed by atoms with Crippen LogP contribution in [0, 0.1) is 12.7 Å². The lowest BCUT2D eigenvalue weighted by molar-refractivity contribution is 0.391. The molecule has 5 nitrogen and oxygen atoms in total. The van der Waals surface area contributed by atoms with E-state index in [9.17, 15) is 4.39 Å². The van der Waals surface area contributed by atoms with Crippen molar-refractivity contribution in [1.82, 2.24) is 15.1 Å². The lowest BCUT2D eigenvalue weighted by atomic mass is 10.4. The molecule has 1 N–H and O–H groups in total. The van der Waals surface area contributed by atoms with E-state index in [4.69, 9.17) is 16.1 Å². The molecule has 2 aromatic rings. The van der Waals surface area contributed by atoms with Gasteiger partial charge in [0, 0.05) is 6.07 Å². The van der Waals surface area contributed by atoms with Crippen LogP contribution in [-0.2, 0) is 6.54 Å². The number of halogens is 2. The molecule has 2 heterocycles. The van der Waals surface area contributed by atoms with Gasteiger partial charge in [0.15, 0.2) is 11.6 Å². The van der Waals surface area contributed by atoms with Crippen molar-refractivity contribution in [3.63, 3.8) is 0 Å². The molecule has 0 aliphatic heterocycles. The van der Waals surface area contributed by atoms with Crippen molar-refractivity contribution >= 4 is 17.4 Å². The molecule has 0 amide bonds. The van der Waals surface area contributed by atoms with Crippen molar-refractivity contribution in [3.8, 4) is 0 Å². The number of nitrogens with zero attached hydrogens (tertiary/aromatic N) is 3. The highest BCUT2D eigenvalue weighted by molar-refractivity contribution is 6.28. The summed E-state index contributed by atoms with van der Waals surface area (Å²) in [5, 5.41) is 6.48. The number of aromatic nitrogens is 3. The first-order chi connectivity index (χ1) is 7.65. The molecule has 0 radical (unpaired) electrons. The zero-order valence-electron chi connectivity index (χ0n) is 8.37. The van der Waals surface area contributed by atoms with E-state index in [1.807, 2.05) is 0 Å². The molecule has 16 heavy (non-hydrogen) atoms. The van der Waals surface area contributed by atoms with Crippen LogP contribution in [-0.4, -0.2) is 15.1 Å². The molecule has 0 fully saturated rings. The number of nitrogens with one attached hydrogen (secondary N) is 1. The summed E-state index contributed by atoms with van der Waals surface area (Å²) in [5.41, 5.74) is 0.659. The van der Waals surface area contributed by atoms with Gasteiger partial charge in [0.1, 0.15) is 11.5 Å². The molecule has 84 valence electrons. The van der Waals surface area contributed by atoms with Gasteiger partial charge in [0.05, 0.1) is 12.7 Å². The molecular formula is C9H8ClFN4O. The number of aryl methyl sites for hydroxylation is 1. The van der Waals surface area contributed by atoms with Crippen LogP contribution in [0.25, 0.3) is 0 Å². The fraction of sp³-hybridized carbons (Fsp3) is 0.222. The summed E-state index contributed by atoms with van der Waals surface area (Å²) in [6, 6.07) is 1.74. The van der Waals surface area contributed by atoms with Crippen molar-refractivity contribution < 1.29 is 8.91 Å². The Bertz CT molecular complexity index is 502. The monoisotopic (exact) mass is 242 g/mol. The molecule has 0 saturated heterocycles. The lowest BCUT2D eigenvalue weighted by Crippen LogP contribution is -2.04. The van der Waals surface area contributed by atoms with Crippen LogP contribution in [0.15, 0.2) is 16.8 Å². The summed E-state index contributed by atoms with van der Waals surface area (Å²) >= 11 is 5.54. The van der Waals surface area contributed by atoms with E-state index in [1.165, 1.54) is 0 Å². The van der Waals surface area contributed by atoms with E-state index in [0.29, 0.717) is 18.0 Å². The number of hydrogen-bond donors (Lipinski definition) is 1. The Kier molecular flexibility index (Phi) is 3.00. The van der Waals surface area contributed by atoms with Gasteiger partial charge in [0.25, 0.3) is 0 Å². The largest absolute Gasteiger partial charge is 0.362 e. The Morgan fingerprint density at radius 3 is 3.06 bits per heavy atom. The molecule has 0 bridgehead atoms. The van der Waals surface area contributed by atoms with Gasteiger partial charge in [-0.05, 0) is 18.5 Å². The first-order valence-corrected chi connectivity index (χ1v) is 4.87. The Balaban J connectivity index is 2.07. The van der Waals surface area contributed by atoms with Crippen LogP contribution in [0.3, 0.4) is 0 Å². The van der Waals surface area contributed by atoms with E-state index >= 15 is 0 Å². The molecule has 0 atom stereocenters. The maximum absolute atomic E-state index is 13.2. The van der Waals surface area contributed by atoms with Crippen molar-refractivity contribution in [1.29, 1.82) is 0 Å². The van der Waals surface area contributed by atoms with Crippen molar-refractivity contribution in [2.24, 2.45) is 0 Å². The quantitative estimate of drug-likeness (QED) is 0.836. The Labute approximate surface area is 95.6 Å². The molecule has 0 aliphatic rings. The fourth-order valence-corrected chi connectivity index (χ4v) is 1.28. The van der Waals surface area contributed by atoms with E-state index in [0.717, 1.165) is 6.20 Å². The van der Waals surface area contributed by atoms with Gasteiger partial charge in [0.2, 0.25) is 5.28 Å². The fourth-order valence-electron chi connectivity index (χ4n) is 1.15. The Hall–Kier alpha value is -1.69. The minimum atomic E-state index is -0.565. The number of hydrogen-bond acceptors (Lipinski definition) is 5. The van der Waals surface area contributed by atoms with Crippen LogP contribution in [0.5, 0.6) is 0 Å². The Morgan fingerprint density at radius 1 is 1.56 bits per heavy atom. The second kappa shape index (κ2) is 4.44. The molecule has 0 saturated carbocycles. The van der Waals surface area contributed by atoms with Crippen LogP contribution in [0.1, 0.15) is 11.5 Å². The smallest absolute Gasteiger partial charge is 0.224 e. The second-order valence-corrected chi connectivity index (χ2v) is 3.46. The SMILES string of the molecule is Cc1cc(CNc2nc(Cl)ncc2F)no1. The van der Waals surface area contributed by atoms with Gasteiger partial charge in [-0.2, -0.15) is 4.98 Å². The number of anilines is 1. The van der Waals surface area contributed by atoms with Gasteiger partial charge in [-0.1, -0.05) is 5.16 Å². The minimum Gasteiger partial charge on any atom is -0.362 e. The van der Waals surface area contributed by atoms with Crippen molar-refractivity contribution in [2.45, 2.75) is 13.5 Å². The van der Waals surface area contributed by atoms with Crippen LogP contribution < -0.4 is 5.32 Å². The molecule has 7 heteroatoms. The van der Waals surface area contributed by atoms with Crippen molar-refractivity contribution in [3.05, 3.63) is 34.8 Å². The third kappa shape index (κ3) is 2.46. The summed E-state index contributed by atoms with van der Waals surface area (Å²) in [6.07, 6.45) is 1.01. The third-order valence-corrected chi connectivity index (χ3v) is 2.01. The predicted molar refractivity (Wildman–Crippen MR) is 55.6 cm³/mol. The lowest BCUT2D eigenvalue weighted by Gasteiger charge is -2.03. The second-order valence-electron chi connectivity index (χ2n) is 3.12. The highest BCUT2D eigenvalue weighted by atomic mass is 35.5. The van der Waals surface area contributed by atoms with E-state index in [2.05, 4.69) is 20.4 Å². The summed E-state index contributed by atoms with van der Waals surface area (Å²) < 4.78 is 18.1. The molecule has 2 aromatic heterocycles. The first-order valence-electron chi connectivity index (χ1n) is 4.49. The molecule has 0 spiro atoms. The van der Waals surface area contributed by atoms with Gasteiger partial charge in [-0.3, -0.25) is 0 Å². The van der Waals surface area contributed by atoms with Crippen LogP contribution in [0.2, 0.25) is 5.28 Å². The average molecular weight is 243 g/mol. The van der Waals surface area contributed by atoms with Crippen LogP contribution in [0.4, 0.5) is 10.2 Å². The Morgan fingerprint density at radius 2 is 2.38 bits per heavy atom. The molecular weight excluding hydrogens is 235 g/mol. The summed E-state index contributed by atoms with van der Waals surface area (Å²) in [7, 11) is 0. The average Bonchev–Trinajstić information content (AvgIpc) is 2.66. The summed E-state index contributed by atoms with van der Waals surface area (Å²) in [4.78, 5) is 7.21. The molecule has 0 aliphatic carbocycles. The zero-order valence-corrected chi connectivity index (χ0v) is 9.12. The van der Waals surface area contributed by atoms with Gasteiger partial charge in [-0.15, -0.1) is 0 Å². The summed E-state index contributed by atoms with van der Waals surface area (Å²) in [6.45, 7) is 2.08. The van der Waals surface area contributed by atoms with Crippen molar-refractivity contribution in [2.75, 3.05) is 5.32 Å².